The van der Waals surface area contributed by atoms with E-state index in [9.17, 15) is 0 Å². The summed E-state index contributed by atoms with van der Waals surface area (Å²) in [6.45, 7) is 2.68. The zero-order valence-electron chi connectivity index (χ0n) is 9.00. The molecule has 0 radical (unpaired) electrons. The van der Waals surface area contributed by atoms with Crippen molar-refractivity contribution < 1.29 is 4.74 Å². The van der Waals surface area contributed by atoms with Crippen LogP contribution in [0.3, 0.4) is 0 Å². The molecular weight excluding hydrogens is 222 g/mol. The van der Waals surface area contributed by atoms with E-state index in [-0.39, 0.29) is 12.1 Å². The normalized spacial score (nSPS) is 23.9. The van der Waals surface area contributed by atoms with Gasteiger partial charge in [0.15, 0.2) is 6.10 Å². The number of rotatable bonds is 3. The molecule has 1 aliphatic heterocycles. The summed E-state index contributed by atoms with van der Waals surface area (Å²) in [6, 6.07) is 4.47. The lowest BCUT2D eigenvalue weighted by Gasteiger charge is -2.35. The van der Waals surface area contributed by atoms with Crippen molar-refractivity contribution in [2.45, 2.75) is 12.1 Å². The third kappa shape index (κ3) is 2.42. The van der Waals surface area contributed by atoms with Crippen molar-refractivity contribution >= 4 is 11.3 Å². The van der Waals surface area contributed by atoms with E-state index in [2.05, 4.69) is 27.8 Å². The van der Waals surface area contributed by atoms with Crippen molar-refractivity contribution in [1.82, 2.24) is 4.90 Å². The first-order valence-electron chi connectivity index (χ1n) is 5.32. The minimum absolute atomic E-state index is 0.214. The molecule has 1 aromatic rings. The molecule has 0 saturated carbocycles. The van der Waals surface area contributed by atoms with Crippen LogP contribution in [0.4, 0.5) is 0 Å². The minimum atomic E-state index is -0.318. The Morgan fingerprint density at radius 2 is 2.62 bits per heavy atom. The van der Waals surface area contributed by atoms with Crippen LogP contribution in [0.1, 0.15) is 11.6 Å². The Hall–Kier alpha value is -0.930. The van der Waals surface area contributed by atoms with Gasteiger partial charge < -0.3 is 10.5 Å². The van der Waals surface area contributed by atoms with E-state index in [1.54, 1.807) is 11.3 Å². The number of thiophene rings is 1. The number of ether oxygens (including phenoxy) is 1. The summed E-state index contributed by atoms with van der Waals surface area (Å²) in [7, 11) is 0. The molecule has 2 heterocycles. The quantitative estimate of drug-likeness (QED) is 0.851. The van der Waals surface area contributed by atoms with Gasteiger partial charge in [0.2, 0.25) is 0 Å². The Morgan fingerprint density at radius 1 is 1.75 bits per heavy atom. The number of hydrogen-bond acceptors (Lipinski definition) is 5. The molecule has 2 N–H and O–H groups in total. The van der Waals surface area contributed by atoms with E-state index >= 15 is 0 Å². The van der Waals surface area contributed by atoms with Gasteiger partial charge in [-0.25, -0.2) is 0 Å². The highest BCUT2D eigenvalue weighted by molar-refractivity contribution is 7.07. The third-order valence-electron chi connectivity index (χ3n) is 2.83. The van der Waals surface area contributed by atoms with E-state index in [1.165, 1.54) is 5.56 Å². The van der Waals surface area contributed by atoms with Crippen LogP contribution in [-0.4, -0.2) is 37.2 Å². The van der Waals surface area contributed by atoms with Gasteiger partial charge >= 0.3 is 0 Å². The highest BCUT2D eigenvalue weighted by atomic mass is 32.1. The summed E-state index contributed by atoms with van der Waals surface area (Å²) < 4.78 is 5.33. The number of nitrogens with zero attached hydrogens (tertiary/aromatic N) is 2. The monoisotopic (exact) mass is 237 g/mol. The van der Waals surface area contributed by atoms with Crippen LogP contribution >= 0.6 is 11.3 Å². The molecule has 1 fully saturated rings. The van der Waals surface area contributed by atoms with Gasteiger partial charge in [-0.3, -0.25) is 4.90 Å². The summed E-state index contributed by atoms with van der Waals surface area (Å²) in [5, 5.41) is 13.0. The summed E-state index contributed by atoms with van der Waals surface area (Å²) in [4.78, 5) is 2.24. The van der Waals surface area contributed by atoms with Gasteiger partial charge in [0.1, 0.15) is 0 Å². The zero-order valence-corrected chi connectivity index (χ0v) is 9.82. The van der Waals surface area contributed by atoms with Gasteiger partial charge in [0.05, 0.1) is 12.7 Å². The van der Waals surface area contributed by atoms with Crippen LogP contribution in [0.15, 0.2) is 16.8 Å². The van der Waals surface area contributed by atoms with Crippen LogP contribution in [0.5, 0.6) is 0 Å². The molecule has 0 spiro atoms. The van der Waals surface area contributed by atoms with Gasteiger partial charge in [0.25, 0.3) is 0 Å². The van der Waals surface area contributed by atoms with Gasteiger partial charge in [-0.1, -0.05) is 0 Å². The molecule has 0 aromatic carbocycles. The van der Waals surface area contributed by atoms with Crippen LogP contribution in [0.2, 0.25) is 0 Å². The molecule has 1 aliphatic rings. The van der Waals surface area contributed by atoms with E-state index in [4.69, 9.17) is 15.7 Å². The van der Waals surface area contributed by atoms with E-state index < -0.39 is 0 Å². The predicted octanol–water partition coefficient (Wildman–Crippen LogP) is 0.972. The van der Waals surface area contributed by atoms with Gasteiger partial charge in [-0.15, -0.1) is 0 Å². The average molecular weight is 237 g/mol. The molecule has 2 unspecified atom stereocenters. The van der Waals surface area contributed by atoms with Crippen molar-refractivity contribution in [3.8, 4) is 6.07 Å². The maximum atomic E-state index is 8.86. The van der Waals surface area contributed by atoms with Crippen molar-refractivity contribution in [1.29, 1.82) is 5.26 Å². The lowest BCUT2D eigenvalue weighted by atomic mass is 10.1. The highest BCUT2D eigenvalue weighted by Crippen LogP contribution is 2.23. The van der Waals surface area contributed by atoms with Crippen molar-refractivity contribution in [2.75, 3.05) is 26.2 Å². The van der Waals surface area contributed by atoms with Crippen LogP contribution < -0.4 is 5.73 Å². The molecule has 86 valence electrons. The number of nitrogens with two attached hydrogens (primary N) is 1. The van der Waals surface area contributed by atoms with Crippen LogP contribution in [-0.2, 0) is 4.74 Å². The summed E-state index contributed by atoms with van der Waals surface area (Å²) in [6.07, 6.45) is -0.318. The smallest absolute Gasteiger partial charge is 0.156 e. The minimum Gasteiger partial charge on any atom is -0.361 e. The van der Waals surface area contributed by atoms with Gasteiger partial charge in [0, 0.05) is 25.7 Å². The topological polar surface area (TPSA) is 62.3 Å². The maximum Gasteiger partial charge on any atom is 0.156 e. The SMILES string of the molecule is N#CC1CN(C(CN)c2ccsc2)CCO1. The number of morpholine rings is 1. The molecular formula is C11H15N3OS. The Labute approximate surface area is 99.2 Å². The second-order valence-electron chi connectivity index (χ2n) is 3.79. The number of hydrogen-bond donors (Lipinski definition) is 1. The fraction of sp³-hybridized carbons (Fsp3) is 0.545. The molecule has 1 saturated heterocycles. The largest absolute Gasteiger partial charge is 0.361 e. The lowest BCUT2D eigenvalue weighted by Crippen LogP contribution is -2.45. The third-order valence-corrected chi connectivity index (χ3v) is 3.54. The van der Waals surface area contributed by atoms with Crippen molar-refractivity contribution in [2.24, 2.45) is 5.73 Å². The van der Waals surface area contributed by atoms with Crippen molar-refractivity contribution in [3.63, 3.8) is 0 Å². The second kappa shape index (κ2) is 5.41. The van der Waals surface area contributed by atoms with E-state index in [0.717, 1.165) is 6.54 Å². The van der Waals surface area contributed by atoms with Gasteiger partial charge in [-0.2, -0.15) is 16.6 Å². The van der Waals surface area contributed by atoms with E-state index in [1.807, 2.05) is 0 Å². The molecule has 16 heavy (non-hydrogen) atoms. The summed E-state index contributed by atoms with van der Waals surface area (Å²) in [5.74, 6) is 0. The maximum absolute atomic E-state index is 8.86. The molecule has 2 rings (SSSR count). The molecule has 0 amide bonds. The highest BCUT2D eigenvalue weighted by Gasteiger charge is 2.26. The van der Waals surface area contributed by atoms with Gasteiger partial charge in [-0.05, 0) is 22.4 Å². The van der Waals surface area contributed by atoms with Crippen molar-refractivity contribution in [3.05, 3.63) is 22.4 Å². The Kier molecular flexibility index (Phi) is 3.91. The number of nitriles is 1. The fourth-order valence-electron chi connectivity index (χ4n) is 1.99. The Bertz CT molecular complexity index is 360. The predicted molar refractivity (Wildman–Crippen MR) is 63.0 cm³/mol. The molecule has 0 bridgehead atoms. The lowest BCUT2D eigenvalue weighted by molar-refractivity contribution is -0.0160. The summed E-state index contributed by atoms with van der Waals surface area (Å²) >= 11 is 1.68. The second-order valence-corrected chi connectivity index (χ2v) is 4.57. The standard InChI is InChI=1S/C11H15N3OS/c12-5-10-7-14(2-3-15-10)11(6-13)9-1-4-16-8-9/h1,4,8,10-11H,2-3,6-7,13H2. The molecule has 2 atom stereocenters. The molecule has 1 aromatic heterocycles. The zero-order chi connectivity index (χ0) is 11.4. The summed E-state index contributed by atoms with van der Waals surface area (Å²) in [5.41, 5.74) is 7.06. The average Bonchev–Trinajstić information content (AvgIpc) is 2.84. The first kappa shape index (κ1) is 11.6. The Morgan fingerprint density at radius 3 is 3.25 bits per heavy atom. The first-order valence-corrected chi connectivity index (χ1v) is 6.27. The molecule has 0 aliphatic carbocycles. The Balaban J connectivity index is 2.07. The molecule has 4 nitrogen and oxygen atoms in total. The van der Waals surface area contributed by atoms with Crippen LogP contribution in [0, 0.1) is 11.3 Å². The molecule has 5 heteroatoms. The van der Waals surface area contributed by atoms with Crippen LogP contribution in [0.25, 0.3) is 0 Å². The first-order chi connectivity index (χ1) is 7.85. The fourth-order valence-corrected chi connectivity index (χ4v) is 2.70. The van der Waals surface area contributed by atoms with E-state index in [0.29, 0.717) is 19.7 Å².